The monoisotopic (exact) mass is 360 g/mol. The summed E-state index contributed by atoms with van der Waals surface area (Å²) in [6.07, 6.45) is 0.0917. The molecule has 3 atom stereocenters. The predicted octanol–water partition coefficient (Wildman–Crippen LogP) is 3.56. The van der Waals surface area contributed by atoms with Crippen LogP contribution >= 0.6 is 0 Å². The first-order chi connectivity index (χ1) is 12.2. The Hall–Kier alpha value is -2.24. The van der Waals surface area contributed by atoms with E-state index in [2.05, 4.69) is 12.2 Å². The molecule has 142 valence electrons. The van der Waals surface area contributed by atoms with Gasteiger partial charge in [-0.1, -0.05) is 37.3 Å². The molecule has 1 heterocycles. The lowest BCUT2D eigenvalue weighted by Gasteiger charge is -2.49. The third-order valence-corrected chi connectivity index (χ3v) is 5.19. The third kappa shape index (κ3) is 3.94. The molecular formula is C20H28N2O4. The summed E-state index contributed by atoms with van der Waals surface area (Å²) in [4.78, 5) is 26.4. The van der Waals surface area contributed by atoms with Crippen molar-refractivity contribution in [1.29, 1.82) is 0 Å². The van der Waals surface area contributed by atoms with E-state index in [0.717, 1.165) is 12.0 Å². The molecule has 1 aromatic rings. The van der Waals surface area contributed by atoms with Crippen molar-refractivity contribution in [3.8, 4) is 0 Å². The van der Waals surface area contributed by atoms with Gasteiger partial charge in [0, 0.05) is 19.0 Å². The maximum atomic E-state index is 12.5. The van der Waals surface area contributed by atoms with Crippen LogP contribution in [0.15, 0.2) is 30.3 Å². The van der Waals surface area contributed by atoms with Gasteiger partial charge in [0.05, 0.1) is 5.54 Å². The molecular weight excluding hydrogens is 332 g/mol. The fourth-order valence-electron chi connectivity index (χ4n) is 4.07. The average Bonchev–Trinajstić information content (AvgIpc) is 2.84. The Labute approximate surface area is 154 Å². The standard InChI is InChI=1S/C20H28N2O4/c1-14-10-20(21-17(23)26-19(2,3)4)13-22(11-16(14)20)18(24)25-12-15-8-6-5-7-9-15/h5-9,14,16H,10-13H2,1-4H3,(H,21,23)/t14-,16?,20+/m0/s1. The number of carbonyl (C=O) groups excluding carboxylic acids is 2. The van der Waals surface area contributed by atoms with Gasteiger partial charge in [-0.15, -0.1) is 0 Å². The van der Waals surface area contributed by atoms with E-state index in [1.54, 1.807) is 4.90 Å². The second-order valence-electron chi connectivity index (χ2n) is 8.49. The highest BCUT2D eigenvalue weighted by atomic mass is 16.6. The fraction of sp³-hybridized carbons (Fsp3) is 0.600. The Morgan fingerprint density at radius 2 is 1.96 bits per heavy atom. The number of alkyl carbamates (subject to hydrolysis) is 1. The second kappa shape index (κ2) is 6.82. The number of nitrogens with zero attached hydrogens (tertiary/aromatic N) is 1. The molecule has 0 aromatic heterocycles. The van der Waals surface area contributed by atoms with E-state index in [4.69, 9.17) is 9.47 Å². The second-order valence-corrected chi connectivity index (χ2v) is 8.49. The van der Waals surface area contributed by atoms with Crippen LogP contribution < -0.4 is 5.32 Å². The quantitative estimate of drug-likeness (QED) is 0.895. The van der Waals surface area contributed by atoms with Crippen LogP contribution in [0.4, 0.5) is 9.59 Å². The van der Waals surface area contributed by atoms with Crippen LogP contribution in [0, 0.1) is 11.8 Å². The number of hydrogen-bond acceptors (Lipinski definition) is 4. The molecule has 2 aliphatic rings. The lowest BCUT2D eigenvalue weighted by Crippen LogP contribution is -2.64. The van der Waals surface area contributed by atoms with Crippen LogP contribution in [0.5, 0.6) is 0 Å². The predicted molar refractivity (Wildman–Crippen MR) is 97.6 cm³/mol. The normalized spacial score (nSPS) is 27.3. The van der Waals surface area contributed by atoms with Gasteiger partial charge < -0.3 is 19.7 Å². The van der Waals surface area contributed by atoms with E-state index in [1.165, 1.54) is 0 Å². The van der Waals surface area contributed by atoms with Gasteiger partial charge in [0.15, 0.2) is 0 Å². The van der Waals surface area contributed by atoms with Crippen molar-refractivity contribution < 1.29 is 19.1 Å². The van der Waals surface area contributed by atoms with Gasteiger partial charge in [-0.2, -0.15) is 0 Å². The first-order valence-electron chi connectivity index (χ1n) is 9.15. The molecule has 3 rings (SSSR count). The Balaban J connectivity index is 1.58. The summed E-state index contributed by atoms with van der Waals surface area (Å²) >= 11 is 0. The van der Waals surface area contributed by atoms with Crippen LogP contribution in [-0.4, -0.2) is 41.3 Å². The van der Waals surface area contributed by atoms with Gasteiger partial charge in [0.25, 0.3) is 0 Å². The molecule has 6 nitrogen and oxygen atoms in total. The number of ether oxygens (including phenoxy) is 2. The van der Waals surface area contributed by atoms with E-state index in [0.29, 0.717) is 19.0 Å². The molecule has 1 saturated heterocycles. The van der Waals surface area contributed by atoms with Crippen LogP contribution in [-0.2, 0) is 16.1 Å². The zero-order valence-corrected chi connectivity index (χ0v) is 16.0. The molecule has 6 heteroatoms. The molecule has 1 aliphatic heterocycles. The Bertz CT molecular complexity index is 670. The number of hydrogen-bond donors (Lipinski definition) is 1. The number of likely N-dealkylation sites (tertiary alicyclic amines) is 1. The van der Waals surface area contributed by atoms with E-state index in [-0.39, 0.29) is 18.6 Å². The highest BCUT2D eigenvalue weighted by Gasteiger charge is 2.59. The van der Waals surface area contributed by atoms with Crippen molar-refractivity contribution in [3.63, 3.8) is 0 Å². The van der Waals surface area contributed by atoms with Crippen molar-refractivity contribution in [2.45, 2.75) is 51.9 Å². The first kappa shape index (κ1) is 18.5. The first-order valence-corrected chi connectivity index (χ1v) is 9.15. The minimum Gasteiger partial charge on any atom is -0.445 e. The number of nitrogens with one attached hydrogen (secondary N) is 1. The van der Waals surface area contributed by atoms with E-state index < -0.39 is 17.2 Å². The Kier molecular flexibility index (Phi) is 4.86. The number of fused-ring (bicyclic) bond motifs is 1. The van der Waals surface area contributed by atoms with Crippen molar-refractivity contribution >= 4 is 12.2 Å². The van der Waals surface area contributed by atoms with Gasteiger partial charge in [0.1, 0.15) is 12.2 Å². The number of benzene rings is 1. The topological polar surface area (TPSA) is 67.9 Å². The van der Waals surface area contributed by atoms with Crippen LogP contribution in [0.1, 0.15) is 39.7 Å². The zero-order chi connectivity index (χ0) is 18.9. The molecule has 0 bridgehead atoms. The molecule has 26 heavy (non-hydrogen) atoms. The van der Waals surface area contributed by atoms with E-state index in [1.807, 2.05) is 51.1 Å². The minimum atomic E-state index is -0.543. The van der Waals surface area contributed by atoms with Crippen molar-refractivity contribution in [3.05, 3.63) is 35.9 Å². The molecule has 1 aromatic carbocycles. The summed E-state index contributed by atoms with van der Waals surface area (Å²) in [6.45, 7) is 8.99. The van der Waals surface area contributed by atoms with E-state index >= 15 is 0 Å². The zero-order valence-electron chi connectivity index (χ0n) is 16.0. The average molecular weight is 360 g/mol. The van der Waals surface area contributed by atoms with Crippen LogP contribution in [0.25, 0.3) is 0 Å². The maximum Gasteiger partial charge on any atom is 0.410 e. The van der Waals surface area contributed by atoms with Crippen molar-refractivity contribution in [2.75, 3.05) is 13.1 Å². The Morgan fingerprint density at radius 1 is 1.27 bits per heavy atom. The van der Waals surface area contributed by atoms with Crippen LogP contribution in [0.3, 0.4) is 0 Å². The summed E-state index contributed by atoms with van der Waals surface area (Å²) < 4.78 is 10.8. The molecule has 1 unspecified atom stereocenters. The lowest BCUT2D eigenvalue weighted by molar-refractivity contribution is 0.0172. The fourth-order valence-corrected chi connectivity index (χ4v) is 4.07. The summed E-state index contributed by atoms with van der Waals surface area (Å²) in [7, 11) is 0. The van der Waals surface area contributed by atoms with Gasteiger partial charge in [-0.25, -0.2) is 9.59 Å². The number of carbonyl (C=O) groups is 2. The molecule has 0 spiro atoms. The van der Waals surface area contributed by atoms with Gasteiger partial charge in [0.2, 0.25) is 0 Å². The number of amides is 2. The van der Waals surface area contributed by atoms with Gasteiger partial charge >= 0.3 is 12.2 Å². The number of rotatable bonds is 3. The minimum absolute atomic E-state index is 0.235. The highest BCUT2D eigenvalue weighted by Crippen LogP contribution is 2.49. The molecule has 1 N–H and O–H groups in total. The van der Waals surface area contributed by atoms with E-state index in [9.17, 15) is 9.59 Å². The van der Waals surface area contributed by atoms with Crippen molar-refractivity contribution in [2.24, 2.45) is 11.8 Å². The maximum absolute atomic E-state index is 12.5. The molecule has 0 radical (unpaired) electrons. The molecule has 2 fully saturated rings. The molecule has 2 amide bonds. The third-order valence-electron chi connectivity index (χ3n) is 5.19. The summed E-state index contributed by atoms with van der Waals surface area (Å²) in [5.41, 5.74) is 0.0180. The lowest BCUT2D eigenvalue weighted by atomic mass is 9.62. The molecule has 1 aliphatic carbocycles. The van der Waals surface area contributed by atoms with Crippen LogP contribution in [0.2, 0.25) is 0 Å². The van der Waals surface area contributed by atoms with Crippen molar-refractivity contribution in [1.82, 2.24) is 10.2 Å². The Morgan fingerprint density at radius 3 is 2.58 bits per heavy atom. The highest BCUT2D eigenvalue weighted by molar-refractivity contribution is 5.71. The largest absolute Gasteiger partial charge is 0.445 e. The summed E-state index contributed by atoms with van der Waals surface area (Å²) in [5.74, 6) is 0.691. The molecule has 1 saturated carbocycles. The smallest absolute Gasteiger partial charge is 0.410 e. The SMILES string of the molecule is C[C@H]1C[C@@]2(NC(=O)OC(C)(C)C)CN(C(=O)OCc3ccccc3)CC12. The summed E-state index contributed by atoms with van der Waals surface area (Å²) in [6, 6.07) is 9.61. The summed E-state index contributed by atoms with van der Waals surface area (Å²) in [5, 5.41) is 3.03. The van der Waals surface area contributed by atoms with Gasteiger partial charge in [-0.3, -0.25) is 0 Å². The van der Waals surface area contributed by atoms with Gasteiger partial charge in [-0.05, 0) is 38.7 Å².